The maximum atomic E-state index is 12.0. The predicted molar refractivity (Wildman–Crippen MR) is 78.1 cm³/mol. The minimum absolute atomic E-state index is 0.200. The van der Waals surface area contributed by atoms with E-state index in [1.807, 2.05) is 6.92 Å². The van der Waals surface area contributed by atoms with Gasteiger partial charge in [-0.1, -0.05) is 0 Å². The molecule has 0 radical (unpaired) electrons. The van der Waals surface area contributed by atoms with E-state index < -0.39 is 0 Å². The number of rotatable bonds is 4. The van der Waals surface area contributed by atoms with Crippen LogP contribution in [-0.2, 0) is 0 Å². The highest BCUT2D eigenvalue weighted by Gasteiger charge is 2.18. The van der Waals surface area contributed by atoms with Crippen LogP contribution in [0.2, 0.25) is 0 Å². The molecule has 2 amide bonds. The lowest BCUT2D eigenvalue weighted by Crippen LogP contribution is -2.44. The number of piperidine rings is 1. The van der Waals surface area contributed by atoms with E-state index in [9.17, 15) is 4.79 Å². The molecule has 1 aliphatic rings. The highest BCUT2D eigenvalue weighted by molar-refractivity contribution is 5.90. The van der Waals surface area contributed by atoms with Crippen LogP contribution in [0.4, 0.5) is 10.5 Å². The van der Waals surface area contributed by atoms with Gasteiger partial charge >= 0.3 is 6.03 Å². The van der Waals surface area contributed by atoms with E-state index in [1.165, 1.54) is 0 Å². The zero-order valence-electron chi connectivity index (χ0n) is 12.1. The predicted octanol–water partition coefficient (Wildman–Crippen LogP) is 1.70. The Bertz CT molecular complexity index is 445. The third-order valence-electron chi connectivity index (χ3n) is 3.35. The molecule has 1 aromatic rings. The average molecular weight is 278 g/mol. The number of aromatic nitrogens is 1. The molecule has 2 N–H and O–H groups in total. The molecule has 0 aliphatic carbocycles. The fourth-order valence-corrected chi connectivity index (χ4v) is 2.23. The molecule has 0 spiro atoms. The van der Waals surface area contributed by atoms with Crippen LogP contribution in [0.3, 0.4) is 0 Å². The number of nitrogens with zero attached hydrogens (tertiary/aromatic N) is 2. The van der Waals surface area contributed by atoms with Gasteiger partial charge in [-0.2, -0.15) is 0 Å². The standard InChI is InChI=1S/C14H22N4O2/c1-3-20-13-12(5-4-8-15-13)17-14(19)16-11-6-9-18(2)10-7-11/h4-5,8,11H,3,6-7,9-10H2,1-2H3,(H2,16,17,19). The summed E-state index contributed by atoms with van der Waals surface area (Å²) in [6.07, 6.45) is 3.61. The first-order chi connectivity index (χ1) is 9.69. The molecule has 0 saturated carbocycles. The largest absolute Gasteiger partial charge is 0.476 e. The highest BCUT2D eigenvalue weighted by atomic mass is 16.5. The number of urea groups is 1. The Morgan fingerprint density at radius 2 is 2.25 bits per heavy atom. The fraction of sp³-hybridized carbons (Fsp3) is 0.571. The van der Waals surface area contributed by atoms with Crippen molar-refractivity contribution >= 4 is 11.7 Å². The van der Waals surface area contributed by atoms with Gasteiger partial charge in [-0.05, 0) is 52.0 Å². The van der Waals surface area contributed by atoms with Gasteiger partial charge < -0.3 is 20.3 Å². The van der Waals surface area contributed by atoms with Crippen molar-refractivity contribution in [2.24, 2.45) is 0 Å². The Morgan fingerprint density at radius 1 is 1.50 bits per heavy atom. The van der Waals surface area contributed by atoms with Crippen LogP contribution in [0.15, 0.2) is 18.3 Å². The summed E-state index contributed by atoms with van der Waals surface area (Å²) >= 11 is 0. The quantitative estimate of drug-likeness (QED) is 0.879. The van der Waals surface area contributed by atoms with Gasteiger partial charge in [0.15, 0.2) is 0 Å². The molecule has 6 nitrogen and oxygen atoms in total. The van der Waals surface area contributed by atoms with E-state index in [1.54, 1.807) is 18.3 Å². The van der Waals surface area contributed by atoms with Crippen LogP contribution < -0.4 is 15.4 Å². The van der Waals surface area contributed by atoms with Crippen molar-refractivity contribution in [3.8, 4) is 5.88 Å². The minimum atomic E-state index is -0.200. The SMILES string of the molecule is CCOc1ncccc1NC(=O)NC1CCN(C)CC1. The monoisotopic (exact) mass is 278 g/mol. The summed E-state index contributed by atoms with van der Waals surface area (Å²) in [7, 11) is 2.10. The number of pyridine rings is 1. The summed E-state index contributed by atoms with van der Waals surface area (Å²) in [5.74, 6) is 0.452. The summed E-state index contributed by atoms with van der Waals surface area (Å²) in [5.41, 5.74) is 0.597. The first-order valence-electron chi connectivity index (χ1n) is 7.03. The van der Waals surface area contributed by atoms with E-state index in [0.29, 0.717) is 18.2 Å². The Kier molecular flexibility index (Phi) is 5.17. The molecule has 2 heterocycles. The van der Waals surface area contributed by atoms with Crippen LogP contribution in [0.25, 0.3) is 0 Å². The van der Waals surface area contributed by atoms with E-state index >= 15 is 0 Å². The lowest BCUT2D eigenvalue weighted by atomic mass is 10.1. The Hall–Kier alpha value is -1.82. The van der Waals surface area contributed by atoms with Gasteiger partial charge in [0.1, 0.15) is 5.69 Å². The normalized spacial score (nSPS) is 16.7. The second kappa shape index (κ2) is 7.09. The Balaban J connectivity index is 1.88. The Labute approximate surface area is 119 Å². The second-order valence-corrected chi connectivity index (χ2v) is 4.97. The molecule has 0 atom stereocenters. The van der Waals surface area contributed by atoms with Gasteiger partial charge in [0.25, 0.3) is 0 Å². The van der Waals surface area contributed by atoms with Crippen molar-refractivity contribution in [2.45, 2.75) is 25.8 Å². The second-order valence-electron chi connectivity index (χ2n) is 4.97. The first-order valence-corrected chi connectivity index (χ1v) is 7.03. The maximum absolute atomic E-state index is 12.0. The lowest BCUT2D eigenvalue weighted by molar-refractivity contribution is 0.221. The van der Waals surface area contributed by atoms with Crippen LogP contribution >= 0.6 is 0 Å². The maximum Gasteiger partial charge on any atom is 0.319 e. The lowest BCUT2D eigenvalue weighted by Gasteiger charge is -2.29. The number of ether oxygens (including phenoxy) is 1. The summed E-state index contributed by atoms with van der Waals surface area (Å²) < 4.78 is 5.38. The van der Waals surface area contributed by atoms with E-state index in [2.05, 4.69) is 27.6 Å². The smallest absolute Gasteiger partial charge is 0.319 e. The zero-order valence-corrected chi connectivity index (χ0v) is 12.1. The first kappa shape index (κ1) is 14.6. The third-order valence-corrected chi connectivity index (χ3v) is 3.35. The van der Waals surface area contributed by atoms with Gasteiger partial charge in [-0.25, -0.2) is 9.78 Å². The van der Waals surface area contributed by atoms with Crippen LogP contribution in [0.5, 0.6) is 5.88 Å². The van der Waals surface area contributed by atoms with Crippen molar-refractivity contribution < 1.29 is 9.53 Å². The summed E-state index contributed by atoms with van der Waals surface area (Å²) in [6.45, 7) is 4.43. The molecule has 1 saturated heterocycles. The van der Waals surface area contributed by atoms with Crippen molar-refractivity contribution in [3.05, 3.63) is 18.3 Å². The molecule has 1 aromatic heterocycles. The van der Waals surface area contributed by atoms with E-state index in [4.69, 9.17) is 4.74 Å². The van der Waals surface area contributed by atoms with Crippen LogP contribution in [-0.4, -0.2) is 48.7 Å². The molecule has 2 rings (SSSR count). The van der Waals surface area contributed by atoms with Crippen molar-refractivity contribution in [3.63, 3.8) is 0 Å². The van der Waals surface area contributed by atoms with Gasteiger partial charge in [0.2, 0.25) is 5.88 Å². The molecular weight excluding hydrogens is 256 g/mol. The molecule has 110 valence electrons. The summed E-state index contributed by atoms with van der Waals surface area (Å²) in [4.78, 5) is 18.4. The molecule has 1 fully saturated rings. The Morgan fingerprint density at radius 3 is 2.95 bits per heavy atom. The zero-order chi connectivity index (χ0) is 14.4. The van der Waals surface area contributed by atoms with Gasteiger partial charge in [0, 0.05) is 12.2 Å². The number of carbonyl (C=O) groups excluding carboxylic acids is 1. The highest BCUT2D eigenvalue weighted by Crippen LogP contribution is 2.20. The summed E-state index contributed by atoms with van der Waals surface area (Å²) in [5, 5.41) is 5.80. The van der Waals surface area contributed by atoms with Gasteiger partial charge in [0.05, 0.1) is 6.61 Å². The number of hydrogen-bond acceptors (Lipinski definition) is 4. The minimum Gasteiger partial charge on any atom is -0.476 e. The number of hydrogen-bond donors (Lipinski definition) is 2. The van der Waals surface area contributed by atoms with E-state index in [0.717, 1.165) is 25.9 Å². The number of nitrogens with one attached hydrogen (secondary N) is 2. The molecule has 20 heavy (non-hydrogen) atoms. The van der Waals surface area contributed by atoms with Crippen molar-refractivity contribution in [1.29, 1.82) is 0 Å². The topological polar surface area (TPSA) is 66.5 Å². The van der Waals surface area contributed by atoms with Gasteiger partial charge in [-0.15, -0.1) is 0 Å². The van der Waals surface area contributed by atoms with Crippen molar-refractivity contribution in [1.82, 2.24) is 15.2 Å². The molecular formula is C14H22N4O2. The number of carbonyl (C=O) groups is 1. The number of likely N-dealkylation sites (tertiary alicyclic amines) is 1. The summed E-state index contributed by atoms with van der Waals surface area (Å²) in [6, 6.07) is 3.59. The molecule has 1 aliphatic heterocycles. The fourth-order valence-electron chi connectivity index (χ4n) is 2.23. The number of amides is 2. The van der Waals surface area contributed by atoms with Crippen molar-refractivity contribution in [2.75, 3.05) is 32.1 Å². The molecule has 0 bridgehead atoms. The molecule has 0 unspecified atom stereocenters. The average Bonchev–Trinajstić information content (AvgIpc) is 2.44. The van der Waals surface area contributed by atoms with Crippen LogP contribution in [0.1, 0.15) is 19.8 Å². The van der Waals surface area contributed by atoms with E-state index in [-0.39, 0.29) is 12.1 Å². The van der Waals surface area contributed by atoms with Crippen LogP contribution in [0, 0.1) is 0 Å². The third kappa shape index (κ3) is 4.09. The molecule has 0 aromatic carbocycles. The number of anilines is 1. The molecule has 6 heteroatoms. The van der Waals surface area contributed by atoms with Gasteiger partial charge in [-0.3, -0.25) is 0 Å².